The van der Waals surface area contributed by atoms with E-state index < -0.39 is 0 Å². The highest BCUT2D eigenvalue weighted by Gasteiger charge is 2.13. The largest absolute Gasteiger partial charge is 0.369 e. The van der Waals surface area contributed by atoms with Gasteiger partial charge in [0.1, 0.15) is 5.82 Å². The first kappa shape index (κ1) is 22.4. The number of hydrogen-bond acceptors (Lipinski definition) is 7. The average Bonchev–Trinajstić information content (AvgIpc) is 3.16. The highest BCUT2D eigenvalue weighted by molar-refractivity contribution is 7.99. The molecule has 0 aliphatic heterocycles. The summed E-state index contributed by atoms with van der Waals surface area (Å²) in [5.41, 5.74) is 2.03. The van der Waals surface area contributed by atoms with Crippen molar-refractivity contribution in [1.29, 1.82) is 0 Å². The Kier molecular flexibility index (Phi) is 8.82. The van der Waals surface area contributed by atoms with Crippen LogP contribution in [0, 0.1) is 0 Å². The van der Waals surface area contributed by atoms with E-state index in [1.165, 1.54) is 5.56 Å². The fourth-order valence-electron chi connectivity index (χ4n) is 2.86. The van der Waals surface area contributed by atoms with Crippen molar-refractivity contribution in [1.82, 2.24) is 25.1 Å². The molecule has 0 radical (unpaired) electrons. The van der Waals surface area contributed by atoms with Gasteiger partial charge in [-0.05, 0) is 17.7 Å². The topological polar surface area (TPSA) is 84.7 Å². The first-order valence-corrected chi connectivity index (χ1v) is 12.3. The number of aromatic nitrogens is 4. The fraction of sp³-hybridized carbons (Fsp3) is 0.429. The smallest absolute Gasteiger partial charge is 0.230 e. The fourth-order valence-corrected chi connectivity index (χ4v) is 4.24. The molecule has 2 aromatic heterocycles. The lowest BCUT2D eigenvalue weighted by atomic mass is 10.2. The molecule has 30 heavy (non-hydrogen) atoms. The van der Waals surface area contributed by atoms with E-state index in [4.69, 9.17) is 0 Å². The van der Waals surface area contributed by atoms with Crippen LogP contribution in [0.3, 0.4) is 0 Å². The molecule has 0 atom stereocenters. The number of anilines is 1. The molecule has 0 bridgehead atoms. The van der Waals surface area contributed by atoms with Gasteiger partial charge < -0.3 is 10.6 Å². The molecule has 0 fully saturated rings. The predicted octanol–water partition coefficient (Wildman–Crippen LogP) is 3.81. The van der Waals surface area contributed by atoms with Crippen molar-refractivity contribution in [2.45, 2.75) is 37.7 Å². The Morgan fingerprint density at radius 1 is 1.13 bits per heavy atom. The van der Waals surface area contributed by atoms with E-state index in [0.717, 1.165) is 46.5 Å². The number of carbonyl (C=O) groups excluding carboxylic acids is 1. The molecule has 2 N–H and O–H groups in total. The Bertz CT molecular complexity index is 947. The summed E-state index contributed by atoms with van der Waals surface area (Å²) in [6, 6.07) is 10.2. The zero-order valence-corrected chi connectivity index (χ0v) is 19.1. The number of rotatable bonds is 12. The lowest BCUT2D eigenvalue weighted by Crippen LogP contribution is -2.29. The number of carbonyl (C=O) groups is 1. The van der Waals surface area contributed by atoms with Crippen LogP contribution >= 0.6 is 23.5 Å². The van der Waals surface area contributed by atoms with Crippen molar-refractivity contribution < 1.29 is 4.79 Å². The second-order valence-corrected chi connectivity index (χ2v) is 8.86. The number of thioether (sulfide) groups is 2. The molecule has 0 unspecified atom stereocenters. The van der Waals surface area contributed by atoms with Gasteiger partial charge in [0.2, 0.25) is 5.91 Å². The van der Waals surface area contributed by atoms with E-state index in [0.29, 0.717) is 18.8 Å². The molecule has 1 aromatic carbocycles. The van der Waals surface area contributed by atoms with Gasteiger partial charge in [-0.15, -0.1) is 11.8 Å². The zero-order chi connectivity index (χ0) is 21.2. The van der Waals surface area contributed by atoms with Crippen LogP contribution in [0.15, 0.2) is 41.7 Å². The number of benzene rings is 1. The van der Waals surface area contributed by atoms with E-state index in [1.807, 2.05) is 22.9 Å². The second-order valence-electron chi connectivity index (χ2n) is 6.65. The monoisotopic (exact) mass is 444 g/mol. The minimum atomic E-state index is 0.0366. The summed E-state index contributed by atoms with van der Waals surface area (Å²) in [6.45, 7) is 6.14. The Hall–Kier alpha value is -2.26. The van der Waals surface area contributed by atoms with E-state index >= 15 is 0 Å². The summed E-state index contributed by atoms with van der Waals surface area (Å²) < 4.78 is 1.84. The van der Waals surface area contributed by atoms with Gasteiger partial charge in [0.05, 0.1) is 23.9 Å². The first-order chi connectivity index (χ1) is 14.7. The zero-order valence-electron chi connectivity index (χ0n) is 17.4. The van der Waals surface area contributed by atoms with Crippen LogP contribution in [0.25, 0.3) is 11.0 Å². The van der Waals surface area contributed by atoms with Crippen molar-refractivity contribution >= 4 is 46.3 Å². The van der Waals surface area contributed by atoms with Gasteiger partial charge in [0.25, 0.3) is 0 Å². The number of fused-ring (bicyclic) bond motifs is 1. The molecule has 160 valence electrons. The third kappa shape index (κ3) is 6.37. The third-order valence-corrected chi connectivity index (χ3v) is 6.02. The van der Waals surface area contributed by atoms with Crippen LogP contribution in [0.4, 0.5) is 5.82 Å². The van der Waals surface area contributed by atoms with Crippen LogP contribution < -0.4 is 10.6 Å². The number of nitrogens with one attached hydrogen (secondary N) is 2. The van der Waals surface area contributed by atoms with Gasteiger partial charge in [-0.3, -0.25) is 4.79 Å². The van der Waals surface area contributed by atoms with Crippen LogP contribution in [-0.4, -0.2) is 50.3 Å². The van der Waals surface area contributed by atoms with Crippen LogP contribution in [0.1, 0.15) is 25.8 Å². The summed E-state index contributed by atoms with van der Waals surface area (Å²) in [7, 11) is 0. The molecule has 3 rings (SSSR count). The molecule has 3 aromatic rings. The normalized spacial score (nSPS) is 11.0. The van der Waals surface area contributed by atoms with Crippen LogP contribution in [-0.2, 0) is 17.1 Å². The summed E-state index contributed by atoms with van der Waals surface area (Å²) >= 11 is 3.23. The third-order valence-electron chi connectivity index (χ3n) is 4.28. The maximum absolute atomic E-state index is 12.1. The SMILES string of the molecule is CCCNc1nc(SCC)nc2c1cnn2CCNC(=O)CSCc1ccccc1. The lowest BCUT2D eigenvalue weighted by Gasteiger charge is -2.09. The summed E-state index contributed by atoms with van der Waals surface area (Å²) in [4.78, 5) is 21.4. The molecule has 0 saturated heterocycles. The molecular formula is C21H28N6OS2. The van der Waals surface area contributed by atoms with Crippen molar-refractivity contribution in [3.8, 4) is 0 Å². The summed E-state index contributed by atoms with van der Waals surface area (Å²) in [5.74, 6) is 3.04. The molecule has 9 heteroatoms. The Balaban J connectivity index is 1.54. The molecule has 0 aliphatic rings. The van der Waals surface area contributed by atoms with E-state index in [2.05, 4.69) is 51.7 Å². The Morgan fingerprint density at radius 2 is 1.97 bits per heavy atom. The van der Waals surface area contributed by atoms with Crippen LogP contribution in [0.2, 0.25) is 0 Å². The minimum absolute atomic E-state index is 0.0366. The quantitative estimate of drug-likeness (QED) is 0.325. The van der Waals surface area contributed by atoms with Gasteiger partial charge >= 0.3 is 0 Å². The summed E-state index contributed by atoms with van der Waals surface area (Å²) in [6.07, 6.45) is 2.81. The molecule has 0 aliphatic carbocycles. The molecule has 7 nitrogen and oxygen atoms in total. The van der Waals surface area contributed by atoms with Crippen molar-refractivity contribution in [2.24, 2.45) is 0 Å². The number of amides is 1. The van der Waals surface area contributed by atoms with Gasteiger partial charge in [-0.2, -0.15) is 5.10 Å². The first-order valence-electron chi connectivity index (χ1n) is 10.2. The Morgan fingerprint density at radius 3 is 2.73 bits per heavy atom. The molecule has 0 spiro atoms. The van der Waals surface area contributed by atoms with Gasteiger partial charge in [0.15, 0.2) is 10.8 Å². The highest BCUT2D eigenvalue weighted by Crippen LogP contribution is 2.24. The standard InChI is InChI=1S/C21H28N6OS2/c1-3-10-23-19-17-13-24-27(20(17)26-21(25-19)30-4-2)12-11-22-18(28)15-29-14-16-8-6-5-7-9-16/h5-9,13H,3-4,10-12,14-15H2,1-2H3,(H,22,28)(H,23,25,26). The molecule has 0 saturated carbocycles. The van der Waals surface area contributed by atoms with Crippen molar-refractivity contribution in [2.75, 3.05) is 29.9 Å². The number of nitrogens with zero attached hydrogens (tertiary/aromatic N) is 4. The highest BCUT2D eigenvalue weighted by atomic mass is 32.2. The van der Waals surface area contributed by atoms with Crippen LogP contribution in [0.5, 0.6) is 0 Å². The average molecular weight is 445 g/mol. The van der Waals surface area contributed by atoms with E-state index in [9.17, 15) is 4.79 Å². The van der Waals surface area contributed by atoms with Gasteiger partial charge in [-0.1, -0.05) is 55.9 Å². The van der Waals surface area contributed by atoms with Crippen molar-refractivity contribution in [3.05, 3.63) is 42.1 Å². The second kappa shape index (κ2) is 11.8. The van der Waals surface area contributed by atoms with E-state index in [-0.39, 0.29) is 5.91 Å². The molecule has 2 heterocycles. The Labute approximate surface area is 185 Å². The van der Waals surface area contributed by atoms with Gasteiger partial charge in [-0.25, -0.2) is 14.6 Å². The predicted molar refractivity (Wildman–Crippen MR) is 126 cm³/mol. The van der Waals surface area contributed by atoms with Crippen molar-refractivity contribution in [3.63, 3.8) is 0 Å². The molecule has 1 amide bonds. The molecular weight excluding hydrogens is 416 g/mol. The van der Waals surface area contributed by atoms with E-state index in [1.54, 1.807) is 29.7 Å². The summed E-state index contributed by atoms with van der Waals surface area (Å²) in [5, 5.41) is 12.5. The van der Waals surface area contributed by atoms with Gasteiger partial charge in [0, 0.05) is 18.8 Å². The maximum Gasteiger partial charge on any atom is 0.230 e. The number of hydrogen-bond donors (Lipinski definition) is 2. The lowest BCUT2D eigenvalue weighted by molar-refractivity contribution is -0.118. The maximum atomic E-state index is 12.1. The minimum Gasteiger partial charge on any atom is -0.369 e.